The van der Waals surface area contributed by atoms with Crippen LogP contribution in [0.15, 0.2) is 24.3 Å². The van der Waals surface area contributed by atoms with Crippen molar-refractivity contribution in [3.8, 4) is 0 Å². The van der Waals surface area contributed by atoms with E-state index in [0.717, 1.165) is 44.3 Å². The Morgan fingerprint density at radius 1 is 1.22 bits per heavy atom. The van der Waals surface area contributed by atoms with E-state index in [1.165, 1.54) is 12.1 Å². The molecule has 1 N–H and O–H groups in total. The molecule has 0 spiro atoms. The summed E-state index contributed by atoms with van der Waals surface area (Å²) in [6, 6.07) is 6.81. The maximum atomic E-state index is 13.4. The van der Waals surface area contributed by atoms with Crippen LogP contribution in [0.5, 0.6) is 0 Å². The number of rotatable bonds is 6. The molecule has 150 valence electrons. The average Bonchev–Trinajstić information content (AvgIpc) is 3.07. The third-order valence-electron chi connectivity index (χ3n) is 6.04. The molecule has 2 heterocycles. The molecule has 3 rings (SSSR count). The van der Waals surface area contributed by atoms with Gasteiger partial charge in [0.2, 0.25) is 0 Å². The Hall–Kier alpha value is -1.46. The van der Waals surface area contributed by atoms with E-state index in [1.807, 2.05) is 19.1 Å². The second kappa shape index (κ2) is 8.27. The lowest BCUT2D eigenvalue weighted by molar-refractivity contribution is -0.139. The Kier molecular flexibility index (Phi) is 6.21. The number of benzene rings is 1. The third kappa shape index (κ3) is 5.08. The van der Waals surface area contributed by atoms with Crippen LogP contribution in [-0.2, 0) is 14.3 Å². The maximum absolute atomic E-state index is 13.4. The second-order valence-corrected chi connectivity index (χ2v) is 8.75. The molecule has 0 bridgehead atoms. The first-order valence-electron chi connectivity index (χ1n) is 10.1. The molecule has 5 heteroatoms. The molecular weight excluding hydrogens is 345 g/mol. The average molecular weight is 378 g/mol. The summed E-state index contributed by atoms with van der Waals surface area (Å²) in [5, 5.41) is 3.07. The van der Waals surface area contributed by atoms with Gasteiger partial charge in [0, 0.05) is 19.8 Å². The minimum absolute atomic E-state index is 0.0230. The molecule has 0 aliphatic carbocycles. The zero-order valence-corrected chi connectivity index (χ0v) is 16.7. The monoisotopic (exact) mass is 377 g/mol. The van der Waals surface area contributed by atoms with E-state index in [-0.39, 0.29) is 23.2 Å². The molecule has 1 amide bonds. The van der Waals surface area contributed by atoms with E-state index in [9.17, 15) is 9.18 Å². The van der Waals surface area contributed by atoms with Crippen molar-refractivity contribution in [2.24, 2.45) is 5.92 Å². The number of ether oxygens (including phenoxy) is 2. The van der Waals surface area contributed by atoms with Crippen molar-refractivity contribution < 1.29 is 18.7 Å². The van der Waals surface area contributed by atoms with Crippen LogP contribution in [0.3, 0.4) is 0 Å². The molecule has 0 radical (unpaired) electrons. The predicted molar refractivity (Wildman–Crippen MR) is 103 cm³/mol. The number of nitrogens with one attached hydrogen (secondary N) is 1. The summed E-state index contributed by atoms with van der Waals surface area (Å²) in [5.74, 6) is 0.482. The van der Waals surface area contributed by atoms with E-state index in [1.54, 1.807) is 0 Å². The highest BCUT2D eigenvalue weighted by Crippen LogP contribution is 2.40. The van der Waals surface area contributed by atoms with Crippen LogP contribution < -0.4 is 5.32 Å². The van der Waals surface area contributed by atoms with Gasteiger partial charge in [-0.25, -0.2) is 4.39 Å². The Bertz CT molecular complexity index is 637. The number of carbonyl (C=O) groups excluding carboxylic acids is 1. The van der Waals surface area contributed by atoms with Crippen molar-refractivity contribution in [2.75, 3.05) is 19.8 Å². The van der Waals surface area contributed by atoms with Gasteiger partial charge in [0.25, 0.3) is 5.91 Å². The number of amides is 1. The van der Waals surface area contributed by atoms with Crippen molar-refractivity contribution >= 4 is 5.91 Å². The zero-order chi connectivity index (χ0) is 19.5. The number of hydrogen-bond acceptors (Lipinski definition) is 3. The Labute approximate surface area is 161 Å². The number of hydrogen-bond donors (Lipinski definition) is 1. The normalized spacial score (nSPS) is 28.7. The highest BCUT2D eigenvalue weighted by molar-refractivity contribution is 5.84. The summed E-state index contributed by atoms with van der Waals surface area (Å²) < 4.78 is 24.9. The van der Waals surface area contributed by atoms with Gasteiger partial charge in [0.05, 0.1) is 5.60 Å². The van der Waals surface area contributed by atoms with Crippen molar-refractivity contribution in [2.45, 2.75) is 70.0 Å². The Morgan fingerprint density at radius 3 is 2.59 bits per heavy atom. The molecule has 1 aromatic rings. The summed E-state index contributed by atoms with van der Waals surface area (Å²) in [7, 11) is 0. The van der Waals surface area contributed by atoms with Gasteiger partial charge in [-0.3, -0.25) is 4.79 Å². The fourth-order valence-corrected chi connectivity index (χ4v) is 4.49. The topological polar surface area (TPSA) is 47.6 Å². The van der Waals surface area contributed by atoms with Crippen molar-refractivity contribution in [3.05, 3.63) is 35.6 Å². The van der Waals surface area contributed by atoms with Gasteiger partial charge in [-0.05, 0) is 82.4 Å². The number of halogens is 1. The van der Waals surface area contributed by atoms with E-state index >= 15 is 0 Å². The van der Waals surface area contributed by atoms with Gasteiger partial charge < -0.3 is 14.8 Å². The van der Waals surface area contributed by atoms with Gasteiger partial charge in [-0.1, -0.05) is 12.1 Å². The third-order valence-corrected chi connectivity index (χ3v) is 6.04. The summed E-state index contributed by atoms with van der Waals surface area (Å²) in [4.78, 5) is 12.5. The number of carbonyl (C=O) groups is 1. The van der Waals surface area contributed by atoms with E-state index in [2.05, 4.69) is 19.2 Å². The smallest absolute Gasteiger partial charge is 0.251 e. The van der Waals surface area contributed by atoms with Crippen LogP contribution in [0, 0.1) is 11.7 Å². The fourth-order valence-electron chi connectivity index (χ4n) is 4.49. The molecule has 4 nitrogen and oxygen atoms in total. The van der Waals surface area contributed by atoms with Gasteiger partial charge in [-0.15, -0.1) is 0 Å². The largest absolute Gasteiger partial charge is 0.376 e. The lowest BCUT2D eigenvalue weighted by Gasteiger charge is -2.39. The summed E-state index contributed by atoms with van der Waals surface area (Å²) in [5.41, 5.74) is 0.304. The van der Waals surface area contributed by atoms with E-state index in [4.69, 9.17) is 9.47 Å². The van der Waals surface area contributed by atoms with Crippen molar-refractivity contribution in [3.63, 3.8) is 0 Å². The van der Waals surface area contributed by atoms with Crippen LogP contribution in [0.4, 0.5) is 4.39 Å². The summed E-state index contributed by atoms with van der Waals surface area (Å²) in [6.07, 6.45) is 4.48. The van der Waals surface area contributed by atoms with Crippen molar-refractivity contribution in [1.29, 1.82) is 0 Å². The van der Waals surface area contributed by atoms with Crippen LogP contribution in [0.25, 0.3) is 0 Å². The molecule has 3 atom stereocenters. The fraction of sp³-hybridized carbons (Fsp3) is 0.682. The first kappa shape index (κ1) is 20.3. The van der Waals surface area contributed by atoms with Crippen molar-refractivity contribution in [1.82, 2.24) is 5.32 Å². The maximum Gasteiger partial charge on any atom is 0.251 e. The quantitative estimate of drug-likeness (QED) is 0.809. The molecular formula is C22H32FNO3. The lowest BCUT2D eigenvalue weighted by Crippen LogP contribution is -2.44. The first-order chi connectivity index (χ1) is 12.8. The molecule has 0 aromatic heterocycles. The molecule has 3 unspecified atom stereocenters. The van der Waals surface area contributed by atoms with E-state index in [0.29, 0.717) is 19.1 Å². The Morgan fingerprint density at radius 2 is 1.96 bits per heavy atom. The molecule has 27 heavy (non-hydrogen) atoms. The highest BCUT2D eigenvalue weighted by Gasteiger charge is 2.38. The summed E-state index contributed by atoms with van der Waals surface area (Å²) in [6.45, 7) is 8.11. The standard InChI is InChI=1S/C22H32FNO3/c1-21(2)15-17(10-14-26-21)19(16-5-7-18(23)8-6-16)9-12-24-20(25)22(3)11-4-13-27-22/h5-8,17,19H,4,9-15H2,1-3H3,(H,24,25). The molecule has 2 fully saturated rings. The van der Waals surface area contributed by atoms with Crippen LogP contribution in [0.2, 0.25) is 0 Å². The van der Waals surface area contributed by atoms with Crippen LogP contribution in [0.1, 0.15) is 64.4 Å². The van der Waals surface area contributed by atoms with Gasteiger partial charge in [-0.2, -0.15) is 0 Å². The minimum atomic E-state index is -0.688. The molecule has 1 aromatic carbocycles. The van der Waals surface area contributed by atoms with E-state index < -0.39 is 5.60 Å². The first-order valence-corrected chi connectivity index (χ1v) is 10.1. The zero-order valence-electron chi connectivity index (χ0n) is 16.7. The predicted octanol–water partition coefficient (Wildman–Crippen LogP) is 4.19. The van der Waals surface area contributed by atoms with Gasteiger partial charge in [0.15, 0.2) is 0 Å². The van der Waals surface area contributed by atoms with Crippen LogP contribution in [-0.4, -0.2) is 36.9 Å². The Balaban J connectivity index is 1.66. The molecule has 0 saturated carbocycles. The SMILES string of the molecule is CC1(C)CC(C(CCNC(=O)C2(C)CCCO2)c2ccc(F)cc2)CCO1. The lowest BCUT2D eigenvalue weighted by atomic mass is 9.75. The minimum Gasteiger partial charge on any atom is -0.376 e. The summed E-state index contributed by atoms with van der Waals surface area (Å²) >= 11 is 0. The molecule has 2 aliphatic rings. The van der Waals surface area contributed by atoms with Gasteiger partial charge in [0.1, 0.15) is 11.4 Å². The second-order valence-electron chi connectivity index (χ2n) is 8.75. The van der Waals surface area contributed by atoms with Crippen LogP contribution >= 0.6 is 0 Å². The highest BCUT2D eigenvalue weighted by atomic mass is 19.1. The van der Waals surface area contributed by atoms with Gasteiger partial charge >= 0.3 is 0 Å². The molecule has 2 aliphatic heterocycles. The molecule has 2 saturated heterocycles.